The second kappa shape index (κ2) is 48.1. The van der Waals surface area contributed by atoms with E-state index < -0.39 is 217 Å². The number of carbonyl (C=O) groups is 17. The number of aromatic hydroxyl groups is 1. The summed E-state index contributed by atoms with van der Waals surface area (Å²) in [5.41, 5.74) is 8.79. The number of unbranched alkanes of at least 4 members (excludes halogenated alkanes) is 2. The average Bonchev–Trinajstić information content (AvgIpc) is 1.63. The van der Waals surface area contributed by atoms with Crippen molar-refractivity contribution in [3.05, 3.63) is 102 Å². The number of aliphatic hydroxyl groups excluding tert-OH is 1. The van der Waals surface area contributed by atoms with Crippen LogP contribution in [0.3, 0.4) is 0 Å². The summed E-state index contributed by atoms with van der Waals surface area (Å²) in [4.78, 5) is 261. The van der Waals surface area contributed by atoms with E-state index >= 15 is 28.8 Å². The van der Waals surface area contributed by atoms with Gasteiger partial charge in [0, 0.05) is 112 Å². The molecule has 1 unspecified atom stereocenters. The lowest BCUT2D eigenvalue weighted by molar-refractivity contribution is -0.149. The molecule has 1 saturated carbocycles. The molecule has 3 aliphatic heterocycles. The van der Waals surface area contributed by atoms with Gasteiger partial charge >= 0.3 is 0 Å². The molecule has 38 heteroatoms. The summed E-state index contributed by atoms with van der Waals surface area (Å²) in [5, 5.41) is 50.3. The number of para-hydroxylation sites is 2. The summed E-state index contributed by atoms with van der Waals surface area (Å²) < 4.78 is 0. The molecule has 16 amide bonds. The number of fused-ring (bicyclic) bond motifs is 4. The van der Waals surface area contributed by atoms with Crippen LogP contribution in [-0.2, 0) is 101 Å². The Labute approximate surface area is 761 Å². The monoisotopic (exact) mass is 1820 g/mol. The molecule has 0 radical (unpaired) electrons. The summed E-state index contributed by atoms with van der Waals surface area (Å²) in [5.74, 6) is -16.3. The van der Waals surface area contributed by atoms with E-state index in [4.69, 9.17) is 5.73 Å². The molecule has 5 aromatic rings. The number of thioether (sulfide) groups is 1. The zero-order chi connectivity index (χ0) is 94.9. The third-order valence-electron chi connectivity index (χ3n) is 24.3. The first kappa shape index (κ1) is 102. The summed E-state index contributed by atoms with van der Waals surface area (Å²) in [7, 11) is 4.09. The van der Waals surface area contributed by atoms with E-state index in [2.05, 4.69) is 63.1 Å². The van der Waals surface area contributed by atoms with Crippen LogP contribution in [0.5, 0.6) is 5.75 Å². The molecule has 16 N–H and O–H groups in total. The summed E-state index contributed by atoms with van der Waals surface area (Å²) >= 11 is 0.848. The van der Waals surface area contributed by atoms with E-state index in [0.717, 1.165) is 39.8 Å². The van der Waals surface area contributed by atoms with Crippen LogP contribution in [0.15, 0.2) is 85.2 Å². The lowest BCUT2D eigenvalue weighted by Gasteiger charge is -2.36. The molecule has 14 atom stereocenters. The van der Waals surface area contributed by atoms with Crippen molar-refractivity contribution >= 4 is 134 Å². The summed E-state index contributed by atoms with van der Waals surface area (Å²) in [6.45, 7) is 12.2. The highest BCUT2D eigenvalue weighted by Crippen LogP contribution is 2.30. The SMILES string of the molecule is CCCC[C@H]1C(=O)N(C)[C@@H](CCCC)C(=O)N[C@@H](CC(C)C)C(=O)N[C@H](C(=O)NCC(=O)NC2CC2)CSCC(=O)N[C@@H](Cc2ccc(O)cc2)C(=O)N(C)[C@@H](C)C(=O)N[C@@H](CC(N)=O)C(=O)N2CCC[C@H]2C(=O)N[C@@H](CC)C(=O)N[C@@H](CC(C)C)C(=O)N2C[C@H](O)C[C@H]2C(=O)C[C@@H](Cc2c[nH]c3ccccc23)C(=O)NCC(=O)NC(Cc2c[nH]c3ccccc23)C(=O)N1C. The number of primary amides is 1. The Morgan fingerprint density at radius 1 is 0.562 bits per heavy atom. The van der Waals surface area contributed by atoms with Crippen molar-refractivity contribution in [3.63, 3.8) is 0 Å². The van der Waals surface area contributed by atoms with Gasteiger partial charge in [-0.3, -0.25) is 81.5 Å². The van der Waals surface area contributed by atoms with E-state index in [-0.39, 0.29) is 113 Å². The van der Waals surface area contributed by atoms with E-state index in [9.17, 15) is 63.0 Å². The number of nitrogens with zero attached hydrogens (tertiary/aromatic N) is 5. The van der Waals surface area contributed by atoms with Crippen LogP contribution in [0.2, 0.25) is 0 Å². The van der Waals surface area contributed by atoms with Crippen LogP contribution in [0, 0.1) is 17.8 Å². The Hall–Kier alpha value is -12.0. The van der Waals surface area contributed by atoms with E-state index in [1.54, 1.807) is 59.1 Å². The van der Waals surface area contributed by atoms with E-state index in [1.165, 1.54) is 67.0 Å². The Kier molecular flexibility index (Phi) is 37.6. The minimum atomic E-state index is -1.72. The number of rotatable bonds is 23. The smallest absolute Gasteiger partial charge is 0.246 e. The third kappa shape index (κ3) is 28.3. The second-order valence-electron chi connectivity index (χ2n) is 35.5. The molecule has 130 heavy (non-hydrogen) atoms. The number of aromatic amines is 2. The number of benzene rings is 3. The summed E-state index contributed by atoms with van der Waals surface area (Å²) in [6.07, 6.45) is 3.90. The van der Waals surface area contributed by atoms with E-state index in [0.29, 0.717) is 58.8 Å². The number of hydrogen-bond donors (Lipinski definition) is 15. The maximum Gasteiger partial charge on any atom is 0.246 e. The van der Waals surface area contributed by atoms with Crippen LogP contribution < -0.4 is 58.9 Å². The molecular weight excluding hydrogens is 1690 g/mol. The van der Waals surface area contributed by atoms with E-state index in [1.807, 2.05) is 50.2 Å². The van der Waals surface area contributed by atoms with Gasteiger partial charge in [0.25, 0.3) is 0 Å². The number of H-pyrrole nitrogens is 2. The minimum absolute atomic E-state index is 0.00312. The van der Waals surface area contributed by atoms with Crippen molar-refractivity contribution < 1.29 is 91.7 Å². The van der Waals surface area contributed by atoms with Crippen molar-refractivity contribution in [2.24, 2.45) is 23.5 Å². The summed E-state index contributed by atoms with van der Waals surface area (Å²) in [6, 6.07) is 3.33. The molecular formula is C92H130N18O19S. The number of amides is 16. The van der Waals surface area contributed by atoms with Gasteiger partial charge in [-0.05, 0) is 124 Å². The topological polar surface area (TPSA) is 525 Å². The fourth-order valence-corrected chi connectivity index (χ4v) is 17.7. The minimum Gasteiger partial charge on any atom is -0.508 e. The average molecular weight is 1820 g/mol. The van der Waals surface area contributed by atoms with Crippen molar-refractivity contribution in [2.75, 3.05) is 58.8 Å². The van der Waals surface area contributed by atoms with Crippen LogP contribution >= 0.6 is 11.8 Å². The van der Waals surface area contributed by atoms with Crippen molar-refractivity contribution in [3.8, 4) is 5.75 Å². The number of aromatic nitrogens is 2. The number of ketones is 1. The van der Waals surface area contributed by atoms with Gasteiger partial charge in [0.1, 0.15) is 72.2 Å². The Bertz CT molecular complexity index is 4880. The number of carbonyl (C=O) groups excluding carboxylic acids is 17. The molecule has 4 fully saturated rings. The Balaban J connectivity index is 1.06. The van der Waals surface area contributed by atoms with Gasteiger partial charge in [-0.15, -0.1) is 11.8 Å². The number of aliphatic hydroxyl groups is 1. The fraction of sp³-hybridized carbons (Fsp3) is 0.576. The molecule has 9 rings (SSSR count). The molecule has 3 aromatic carbocycles. The molecule has 0 bridgehead atoms. The van der Waals surface area contributed by atoms with Crippen LogP contribution in [0.4, 0.5) is 0 Å². The molecule has 0 spiro atoms. The largest absolute Gasteiger partial charge is 0.508 e. The van der Waals surface area contributed by atoms with Gasteiger partial charge in [0.15, 0.2) is 5.78 Å². The van der Waals surface area contributed by atoms with Crippen LogP contribution in [0.25, 0.3) is 21.8 Å². The number of nitrogens with two attached hydrogens (primary N) is 1. The second-order valence-corrected chi connectivity index (χ2v) is 36.5. The van der Waals surface area contributed by atoms with Gasteiger partial charge < -0.3 is 104 Å². The molecule has 3 saturated heterocycles. The lowest BCUT2D eigenvalue weighted by atomic mass is 9.90. The third-order valence-corrected chi connectivity index (χ3v) is 25.4. The first-order chi connectivity index (χ1) is 61.9. The van der Waals surface area contributed by atoms with Crippen molar-refractivity contribution in [1.29, 1.82) is 0 Å². The highest BCUT2D eigenvalue weighted by molar-refractivity contribution is 8.00. The first-order valence-electron chi connectivity index (χ1n) is 45.2. The van der Waals surface area contributed by atoms with Crippen LogP contribution in [-0.4, -0.2) is 288 Å². The molecule has 708 valence electrons. The van der Waals surface area contributed by atoms with Gasteiger partial charge in [0.05, 0.1) is 37.4 Å². The number of likely N-dealkylation sites (N-methyl/N-ethyl adjacent to an activating group) is 3. The Morgan fingerprint density at radius 3 is 1.73 bits per heavy atom. The van der Waals surface area contributed by atoms with Gasteiger partial charge in [-0.25, -0.2) is 0 Å². The predicted octanol–water partition coefficient (Wildman–Crippen LogP) is 1.82. The normalized spacial score (nSPS) is 25.4. The molecule has 5 heterocycles. The van der Waals surface area contributed by atoms with Gasteiger partial charge in [-0.2, -0.15) is 0 Å². The van der Waals surface area contributed by atoms with Gasteiger partial charge in [-0.1, -0.05) is 123 Å². The fourth-order valence-electron chi connectivity index (χ4n) is 16.8. The zero-order valence-electron chi connectivity index (χ0n) is 76.1. The van der Waals surface area contributed by atoms with Crippen LogP contribution in [0.1, 0.15) is 175 Å². The molecule has 1 aliphatic carbocycles. The highest BCUT2D eigenvalue weighted by atomic mass is 32.2. The first-order valence-corrected chi connectivity index (χ1v) is 46.3. The standard InChI is InChI=1S/C92H130N18O19S/c1-12-15-26-72-86(123)102-66(36-51(4)5)85(122)105-71(83(120)97-46-78(115)98-58-31-32-58)49-130-50-80(117)100-68(38-54-29-33-59(111)34-30-54)88(125)106(9)53(8)81(118)103-70(43-77(93)114)90(127)109-35-21-28-73(109)87(124)101-63(14-3)84(121)104-67(37-52(6)7)91(128)110-48-60(112)42-75(110)76(113)41-55(39-56-44-94-64-24-19-17-22-61(56)64)82(119)96-47-79(116)99-69(40-57-45-95-65-25-20-18-23-62(57)65)89(126)108(11)74(27-16-13-2)92(129)107(72)10/h17-20,22-25,29-30,33-34,44-45,51-53,55,58,60,63,66-75,94-95,111-112H,12-16,21,26-28,31-32,35-43,46-50H2,1-11H3,(H2,93,114)(H,96,119)(H,97,120)(H,98,115)(H,99,116)(H,100,117)(H,101,124)(H,102,123)(H,103,118)(H,104,121)(H,105,122)/t53-,55+,60+,63-,66-,67-,68-,69?,70-,71-,72-,73-,74-,75-/m0/s1. The molecule has 4 aliphatic rings. The van der Waals surface area contributed by atoms with Crippen molar-refractivity contribution in [2.45, 2.75) is 262 Å². The number of phenolic OH excluding ortho intramolecular Hbond substituents is 1. The Morgan fingerprint density at radius 2 is 1.12 bits per heavy atom. The molecule has 2 aromatic heterocycles. The number of hydrogen-bond acceptors (Lipinski definition) is 20. The van der Waals surface area contributed by atoms with Gasteiger partial charge in [0.2, 0.25) is 94.5 Å². The maximum atomic E-state index is 15.6. The lowest BCUT2D eigenvalue weighted by Crippen LogP contribution is -2.60. The number of Topliss-reactive ketones (excluding diaryl/α,β-unsaturated/α-hetero) is 1. The molecule has 37 nitrogen and oxygen atoms in total. The maximum absolute atomic E-state index is 15.6. The zero-order valence-corrected chi connectivity index (χ0v) is 76.9. The highest BCUT2D eigenvalue weighted by Gasteiger charge is 2.46. The predicted molar refractivity (Wildman–Crippen MR) is 485 cm³/mol. The number of phenols is 1. The number of nitrogens with one attached hydrogen (secondary N) is 12. The quantitative estimate of drug-likeness (QED) is 0.0443. The van der Waals surface area contributed by atoms with Crippen molar-refractivity contribution in [1.82, 2.24) is 87.6 Å².